The molecular formula is C13H16N2O2S. The summed E-state index contributed by atoms with van der Waals surface area (Å²) < 4.78 is 0. The van der Waals surface area contributed by atoms with Gasteiger partial charge in [0, 0.05) is 17.1 Å². The quantitative estimate of drug-likeness (QED) is 0.869. The summed E-state index contributed by atoms with van der Waals surface area (Å²) in [6.45, 7) is 4.39. The Balaban J connectivity index is 2.11. The van der Waals surface area contributed by atoms with Gasteiger partial charge in [0.2, 0.25) is 0 Å². The van der Waals surface area contributed by atoms with Gasteiger partial charge in [0.05, 0.1) is 10.7 Å². The number of nitrogens with zero attached hydrogens (tertiary/aromatic N) is 1. The summed E-state index contributed by atoms with van der Waals surface area (Å²) in [4.78, 5) is 18.0. The number of carboxylic acids is 1. The topological polar surface area (TPSA) is 66.0 Å². The SMILES string of the molecule is CC(C)CCc1nc(-c2c[nH]c(C(=O)O)c2)cs1. The van der Waals surface area contributed by atoms with E-state index in [9.17, 15) is 4.79 Å². The van der Waals surface area contributed by atoms with Crippen molar-refractivity contribution >= 4 is 17.3 Å². The fraction of sp³-hybridized carbons (Fsp3) is 0.385. The highest BCUT2D eigenvalue weighted by Gasteiger charge is 2.10. The van der Waals surface area contributed by atoms with Crippen LogP contribution in [-0.2, 0) is 6.42 Å². The first-order valence-corrected chi connectivity index (χ1v) is 6.80. The molecule has 0 saturated carbocycles. The molecule has 2 aromatic heterocycles. The van der Waals surface area contributed by atoms with E-state index in [1.54, 1.807) is 23.6 Å². The van der Waals surface area contributed by atoms with Crippen LogP contribution in [0.25, 0.3) is 11.3 Å². The minimum atomic E-state index is -0.948. The van der Waals surface area contributed by atoms with E-state index in [0.717, 1.165) is 29.1 Å². The summed E-state index contributed by atoms with van der Waals surface area (Å²) in [5.41, 5.74) is 1.88. The smallest absolute Gasteiger partial charge is 0.352 e. The van der Waals surface area contributed by atoms with Crippen LogP contribution in [0, 0.1) is 5.92 Å². The van der Waals surface area contributed by atoms with Gasteiger partial charge >= 0.3 is 5.97 Å². The highest BCUT2D eigenvalue weighted by molar-refractivity contribution is 7.09. The van der Waals surface area contributed by atoms with Gasteiger partial charge in [-0.05, 0) is 24.8 Å². The molecule has 96 valence electrons. The Bertz CT molecular complexity index is 543. The van der Waals surface area contributed by atoms with Crippen LogP contribution in [0.4, 0.5) is 0 Å². The number of hydrogen-bond acceptors (Lipinski definition) is 3. The molecular weight excluding hydrogens is 248 g/mol. The Kier molecular flexibility index (Phi) is 3.81. The lowest BCUT2D eigenvalue weighted by Crippen LogP contribution is -1.94. The van der Waals surface area contributed by atoms with Crippen molar-refractivity contribution in [3.8, 4) is 11.3 Å². The number of carboxylic acid groups (broad SMARTS) is 1. The van der Waals surface area contributed by atoms with Crippen molar-refractivity contribution in [2.75, 3.05) is 0 Å². The lowest BCUT2D eigenvalue weighted by Gasteiger charge is -2.00. The highest BCUT2D eigenvalue weighted by atomic mass is 32.1. The number of rotatable bonds is 5. The van der Waals surface area contributed by atoms with Crippen LogP contribution in [0.15, 0.2) is 17.6 Å². The second-order valence-corrected chi connectivity index (χ2v) is 5.61. The van der Waals surface area contributed by atoms with Crippen LogP contribution >= 0.6 is 11.3 Å². The Morgan fingerprint density at radius 1 is 1.56 bits per heavy atom. The molecule has 0 radical (unpaired) electrons. The molecule has 2 rings (SSSR count). The van der Waals surface area contributed by atoms with E-state index in [2.05, 4.69) is 23.8 Å². The first kappa shape index (κ1) is 12.8. The maximum Gasteiger partial charge on any atom is 0.352 e. The van der Waals surface area contributed by atoms with Crippen molar-refractivity contribution in [1.29, 1.82) is 0 Å². The van der Waals surface area contributed by atoms with Crippen LogP contribution in [0.5, 0.6) is 0 Å². The maximum absolute atomic E-state index is 10.8. The molecule has 0 aromatic carbocycles. The molecule has 0 saturated heterocycles. The molecule has 0 bridgehead atoms. The van der Waals surface area contributed by atoms with Crippen LogP contribution in [0.1, 0.15) is 35.8 Å². The number of thiazole rings is 1. The molecule has 0 aliphatic heterocycles. The fourth-order valence-electron chi connectivity index (χ4n) is 1.64. The van der Waals surface area contributed by atoms with Crippen molar-refractivity contribution in [1.82, 2.24) is 9.97 Å². The Morgan fingerprint density at radius 2 is 2.33 bits per heavy atom. The first-order chi connectivity index (χ1) is 8.56. The van der Waals surface area contributed by atoms with Crippen LogP contribution < -0.4 is 0 Å². The third-order valence-electron chi connectivity index (χ3n) is 2.70. The Hall–Kier alpha value is -1.62. The number of aryl methyl sites for hydroxylation is 1. The number of carbonyl (C=O) groups is 1. The lowest BCUT2D eigenvalue weighted by molar-refractivity contribution is 0.0691. The van der Waals surface area contributed by atoms with E-state index in [-0.39, 0.29) is 5.69 Å². The summed E-state index contributed by atoms with van der Waals surface area (Å²) >= 11 is 1.63. The summed E-state index contributed by atoms with van der Waals surface area (Å²) in [7, 11) is 0. The molecule has 0 aliphatic rings. The summed E-state index contributed by atoms with van der Waals surface area (Å²) in [6, 6.07) is 1.61. The van der Waals surface area contributed by atoms with Gasteiger partial charge in [-0.1, -0.05) is 13.8 Å². The van der Waals surface area contributed by atoms with Gasteiger partial charge in [-0.25, -0.2) is 9.78 Å². The first-order valence-electron chi connectivity index (χ1n) is 5.92. The van der Waals surface area contributed by atoms with E-state index in [1.807, 2.05) is 5.38 Å². The molecule has 2 N–H and O–H groups in total. The van der Waals surface area contributed by atoms with E-state index >= 15 is 0 Å². The molecule has 0 spiro atoms. The van der Waals surface area contributed by atoms with E-state index < -0.39 is 5.97 Å². The second-order valence-electron chi connectivity index (χ2n) is 4.67. The predicted octanol–water partition coefficient (Wildman–Crippen LogP) is 3.43. The van der Waals surface area contributed by atoms with Gasteiger partial charge in [-0.3, -0.25) is 0 Å². The molecule has 0 atom stereocenters. The Morgan fingerprint density at radius 3 is 2.94 bits per heavy atom. The summed E-state index contributed by atoms with van der Waals surface area (Å²) in [5.74, 6) is -0.278. The van der Waals surface area contributed by atoms with Crippen LogP contribution in [-0.4, -0.2) is 21.0 Å². The van der Waals surface area contributed by atoms with Crippen molar-refractivity contribution in [3.63, 3.8) is 0 Å². The third-order valence-corrected chi connectivity index (χ3v) is 3.61. The number of nitrogens with one attached hydrogen (secondary N) is 1. The zero-order chi connectivity index (χ0) is 13.1. The van der Waals surface area contributed by atoms with Gasteiger partial charge in [0.15, 0.2) is 0 Å². The second kappa shape index (κ2) is 5.35. The van der Waals surface area contributed by atoms with Gasteiger partial charge in [-0.15, -0.1) is 11.3 Å². The molecule has 2 heterocycles. The number of H-pyrrole nitrogens is 1. The van der Waals surface area contributed by atoms with Gasteiger partial charge < -0.3 is 10.1 Å². The molecule has 2 aromatic rings. The highest BCUT2D eigenvalue weighted by Crippen LogP contribution is 2.24. The number of hydrogen-bond donors (Lipinski definition) is 2. The van der Waals surface area contributed by atoms with Crippen molar-refractivity contribution in [2.45, 2.75) is 26.7 Å². The third kappa shape index (κ3) is 2.98. The number of aromatic amines is 1. The normalized spacial score (nSPS) is 11.1. The average molecular weight is 264 g/mol. The molecule has 0 fully saturated rings. The van der Waals surface area contributed by atoms with E-state index in [1.165, 1.54) is 0 Å². The minimum Gasteiger partial charge on any atom is -0.477 e. The van der Waals surface area contributed by atoms with Gasteiger partial charge in [0.1, 0.15) is 5.69 Å². The molecule has 18 heavy (non-hydrogen) atoms. The fourth-order valence-corrected chi connectivity index (χ4v) is 2.46. The summed E-state index contributed by atoms with van der Waals surface area (Å²) in [6.07, 6.45) is 3.80. The zero-order valence-electron chi connectivity index (χ0n) is 10.4. The van der Waals surface area contributed by atoms with E-state index in [0.29, 0.717) is 5.92 Å². The average Bonchev–Trinajstić information content (AvgIpc) is 2.95. The molecule has 5 heteroatoms. The largest absolute Gasteiger partial charge is 0.477 e. The zero-order valence-corrected chi connectivity index (χ0v) is 11.3. The summed E-state index contributed by atoms with van der Waals surface area (Å²) in [5, 5.41) is 11.9. The van der Waals surface area contributed by atoms with Crippen molar-refractivity contribution in [3.05, 3.63) is 28.3 Å². The lowest BCUT2D eigenvalue weighted by atomic mass is 10.1. The van der Waals surface area contributed by atoms with E-state index in [4.69, 9.17) is 5.11 Å². The molecule has 0 amide bonds. The number of aromatic nitrogens is 2. The van der Waals surface area contributed by atoms with Gasteiger partial charge in [0.25, 0.3) is 0 Å². The standard InChI is InChI=1S/C13H16N2O2S/c1-8(2)3-4-12-15-11(7-18-12)9-5-10(13(16)17)14-6-9/h5-8,14H,3-4H2,1-2H3,(H,16,17). The molecule has 0 aliphatic carbocycles. The molecule has 0 unspecified atom stereocenters. The van der Waals surface area contributed by atoms with Crippen LogP contribution in [0.3, 0.4) is 0 Å². The van der Waals surface area contributed by atoms with Gasteiger partial charge in [-0.2, -0.15) is 0 Å². The maximum atomic E-state index is 10.8. The number of aromatic carboxylic acids is 1. The van der Waals surface area contributed by atoms with Crippen LogP contribution in [0.2, 0.25) is 0 Å². The minimum absolute atomic E-state index is 0.196. The van der Waals surface area contributed by atoms with Crippen molar-refractivity contribution < 1.29 is 9.90 Å². The molecule has 4 nitrogen and oxygen atoms in total. The Labute approximate surface area is 110 Å². The van der Waals surface area contributed by atoms with Crippen molar-refractivity contribution in [2.24, 2.45) is 5.92 Å². The monoisotopic (exact) mass is 264 g/mol. The predicted molar refractivity (Wildman–Crippen MR) is 72.0 cm³/mol.